The van der Waals surface area contributed by atoms with Crippen LogP contribution in [0.3, 0.4) is 0 Å². The minimum absolute atomic E-state index is 0.355. The van der Waals surface area contributed by atoms with Crippen molar-refractivity contribution >= 4 is 5.97 Å². The predicted octanol–water partition coefficient (Wildman–Crippen LogP) is 3.80. The SMILES string of the molecule is C=C/C=C\C(=C/C)OC(=O)c1ccc(C)cc1. The molecule has 2 nitrogen and oxygen atoms in total. The number of aryl methyl sites for hydroxylation is 1. The van der Waals surface area contributed by atoms with E-state index in [9.17, 15) is 4.79 Å². The van der Waals surface area contributed by atoms with Crippen molar-refractivity contribution in [3.8, 4) is 0 Å². The number of benzene rings is 1. The molecule has 0 fully saturated rings. The van der Waals surface area contributed by atoms with Gasteiger partial charge in [0.25, 0.3) is 0 Å². The molecule has 0 spiro atoms. The van der Waals surface area contributed by atoms with Gasteiger partial charge in [-0.3, -0.25) is 0 Å². The van der Waals surface area contributed by atoms with Gasteiger partial charge in [-0.1, -0.05) is 36.4 Å². The lowest BCUT2D eigenvalue weighted by atomic mass is 10.1. The van der Waals surface area contributed by atoms with Crippen LogP contribution in [0, 0.1) is 6.92 Å². The van der Waals surface area contributed by atoms with E-state index >= 15 is 0 Å². The lowest BCUT2D eigenvalue weighted by Crippen LogP contribution is -2.03. The van der Waals surface area contributed by atoms with Crippen molar-refractivity contribution in [3.05, 3.63) is 72.0 Å². The molecular weight excluding hydrogens is 212 g/mol. The molecule has 88 valence electrons. The summed E-state index contributed by atoms with van der Waals surface area (Å²) in [7, 11) is 0. The molecule has 0 aliphatic carbocycles. The molecular formula is C15H16O2. The van der Waals surface area contributed by atoms with Gasteiger partial charge in [-0.15, -0.1) is 0 Å². The van der Waals surface area contributed by atoms with Crippen LogP contribution in [-0.4, -0.2) is 5.97 Å². The second kappa shape index (κ2) is 6.48. The van der Waals surface area contributed by atoms with E-state index in [1.807, 2.05) is 26.0 Å². The quantitative estimate of drug-likeness (QED) is 0.445. The van der Waals surface area contributed by atoms with E-state index in [0.717, 1.165) is 5.56 Å². The third kappa shape index (κ3) is 4.11. The largest absolute Gasteiger partial charge is 0.423 e. The summed E-state index contributed by atoms with van der Waals surface area (Å²) in [4.78, 5) is 11.8. The van der Waals surface area contributed by atoms with Gasteiger partial charge in [0, 0.05) is 0 Å². The number of esters is 1. The van der Waals surface area contributed by atoms with Crippen LogP contribution in [-0.2, 0) is 4.74 Å². The standard InChI is InChI=1S/C15H16O2/c1-4-6-7-14(5-2)17-15(16)13-10-8-12(3)9-11-13/h4-11H,1H2,2-3H3/b7-6-,14-5+. The molecule has 0 aliphatic heterocycles. The zero-order valence-electron chi connectivity index (χ0n) is 10.1. The van der Waals surface area contributed by atoms with E-state index < -0.39 is 0 Å². The summed E-state index contributed by atoms with van der Waals surface area (Å²) in [5.74, 6) is 0.155. The van der Waals surface area contributed by atoms with Gasteiger partial charge < -0.3 is 4.74 Å². The first-order chi connectivity index (χ1) is 8.17. The fourth-order valence-corrected chi connectivity index (χ4v) is 1.21. The van der Waals surface area contributed by atoms with Crippen LogP contribution in [0.15, 0.2) is 60.9 Å². The van der Waals surface area contributed by atoms with Crippen molar-refractivity contribution < 1.29 is 9.53 Å². The molecule has 0 saturated carbocycles. The molecule has 17 heavy (non-hydrogen) atoms. The number of allylic oxidation sites excluding steroid dienone is 4. The van der Waals surface area contributed by atoms with Gasteiger partial charge in [0.1, 0.15) is 5.76 Å². The Hall–Kier alpha value is -2.09. The van der Waals surface area contributed by atoms with Crippen LogP contribution in [0.1, 0.15) is 22.8 Å². The monoisotopic (exact) mass is 228 g/mol. The van der Waals surface area contributed by atoms with E-state index in [-0.39, 0.29) is 5.97 Å². The summed E-state index contributed by atoms with van der Waals surface area (Å²) in [6.07, 6.45) is 6.77. The predicted molar refractivity (Wildman–Crippen MR) is 69.7 cm³/mol. The van der Waals surface area contributed by atoms with Crippen LogP contribution >= 0.6 is 0 Å². The molecule has 0 heterocycles. The Balaban J connectivity index is 2.74. The molecule has 0 bridgehead atoms. The molecule has 0 radical (unpaired) electrons. The summed E-state index contributed by atoms with van der Waals surface area (Å²) in [5.41, 5.74) is 1.65. The normalized spacial score (nSPS) is 11.5. The maximum Gasteiger partial charge on any atom is 0.343 e. The molecule has 0 saturated heterocycles. The van der Waals surface area contributed by atoms with E-state index in [0.29, 0.717) is 11.3 Å². The number of hydrogen-bond donors (Lipinski definition) is 0. The highest BCUT2D eigenvalue weighted by Crippen LogP contribution is 2.09. The first kappa shape index (κ1) is 13.0. The number of hydrogen-bond acceptors (Lipinski definition) is 2. The van der Waals surface area contributed by atoms with E-state index in [2.05, 4.69) is 6.58 Å². The minimum atomic E-state index is -0.355. The molecule has 0 unspecified atom stereocenters. The van der Waals surface area contributed by atoms with E-state index in [1.165, 1.54) is 0 Å². The molecule has 1 aromatic rings. The smallest absolute Gasteiger partial charge is 0.343 e. The molecule has 1 rings (SSSR count). The van der Waals surface area contributed by atoms with Crippen molar-refractivity contribution in [1.29, 1.82) is 0 Å². The molecule has 0 N–H and O–H groups in total. The summed E-state index contributed by atoms with van der Waals surface area (Å²) < 4.78 is 5.22. The first-order valence-electron chi connectivity index (χ1n) is 5.41. The maximum atomic E-state index is 11.8. The number of carbonyl (C=O) groups excluding carboxylic acids is 1. The van der Waals surface area contributed by atoms with Crippen LogP contribution < -0.4 is 0 Å². The minimum Gasteiger partial charge on any atom is -0.423 e. The average Bonchev–Trinajstić information content (AvgIpc) is 2.35. The van der Waals surface area contributed by atoms with Crippen molar-refractivity contribution in [3.63, 3.8) is 0 Å². The van der Waals surface area contributed by atoms with Crippen LogP contribution in [0.4, 0.5) is 0 Å². The maximum absolute atomic E-state index is 11.8. The van der Waals surface area contributed by atoms with E-state index in [1.54, 1.807) is 36.4 Å². The number of rotatable bonds is 4. The number of carbonyl (C=O) groups is 1. The topological polar surface area (TPSA) is 26.3 Å². The van der Waals surface area contributed by atoms with Gasteiger partial charge in [0.2, 0.25) is 0 Å². The highest BCUT2D eigenvalue weighted by molar-refractivity contribution is 5.90. The Morgan fingerprint density at radius 2 is 1.94 bits per heavy atom. The van der Waals surface area contributed by atoms with Crippen molar-refractivity contribution in [1.82, 2.24) is 0 Å². The molecule has 1 aromatic carbocycles. The van der Waals surface area contributed by atoms with Crippen molar-refractivity contribution in [2.24, 2.45) is 0 Å². The van der Waals surface area contributed by atoms with Crippen LogP contribution in [0.2, 0.25) is 0 Å². The summed E-state index contributed by atoms with van der Waals surface area (Å²) >= 11 is 0. The molecule has 0 atom stereocenters. The second-order valence-electron chi connectivity index (χ2n) is 3.54. The van der Waals surface area contributed by atoms with Gasteiger partial charge in [-0.2, -0.15) is 0 Å². The Bertz CT molecular complexity index is 450. The second-order valence-corrected chi connectivity index (χ2v) is 3.54. The van der Waals surface area contributed by atoms with Crippen LogP contribution in [0.5, 0.6) is 0 Å². The molecule has 0 amide bonds. The Morgan fingerprint density at radius 1 is 1.29 bits per heavy atom. The fraction of sp³-hybridized carbons (Fsp3) is 0.133. The number of ether oxygens (including phenoxy) is 1. The van der Waals surface area contributed by atoms with Gasteiger partial charge in [0.15, 0.2) is 0 Å². The Morgan fingerprint density at radius 3 is 2.47 bits per heavy atom. The Labute approximate surface area is 102 Å². The van der Waals surface area contributed by atoms with Gasteiger partial charge in [-0.25, -0.2) is 4.79 Å². The van der Waals surface area contributed by atoms with Gasteiger partial charge >= 0.3 is 5.97 Å². The first-order valence-corrected chi connectivity index (χ1v) is 5.41. The highest BCUT2D eigenvalue weighted by atomic mass is 16.5. The van der Waals surface area contributed by atoms with Crippen molar-refractivity contribution in [2.45, 2.75) is 13.8 Å². The highest BCUT2D eigenvalue weighted by Gasteiger charge is 2.07. The lowest BCUT2D eigenvalue weighted by molar-refractivity contribution is 0.0636. The van der Waals surface area contributed by atoms with Gasteiger partial charge in [-0.05, 0) is 38.1 Å². The Kier molecular flexibility index (Phi) is 4.95. The summed E-state index contributed by atoms with van der Waals surface area (Å²) in [6, 6.07) is 7.27. The van der Waals surface area contributed by atoms with E-state index in [4.69, 9.17) is 4.74 Å². The zero-order valence-corrected chi connectivity index (χ0v) is 10.1. The molecule has 0 aliphatic rings. The zero-order chi connectivity index (χ0) is 12.7. The lowest BCUT2D eigenvalue weighted by Gasteiger charge is -2.04. The summed E-state index contributed by atoms with van der Waals surface area (Å²) in [5, 5.41) is 0. The third-order valence-electron chi connectivity index (χ3n) is 2.18. The fourth-order valence-electron chi connectivity index (χ4n) is 1.21. The van der Waals surface area contributed by atoms with Crippen molar-refractivity contribution in [2.75, 3.05) is 0 Å². The van der Waals surface area contributed by atoms with Crippen LogP contribution in [0.25, 0.3) is 0 Å². The molecule has 0 aromatic heterocycles. The third-order valence-corrected chi connectivity index (χ3v) is 2.18. The average molecular weight is 228 g/mol. The molecule has 2 heteroatoms. The van der Waals surface area contributed by atoms with Gasteiger partial charge in [0.05, 0.1) is 5.56 Å². The summed E-state index contributed by atoms with van der Waals surface area (Å²) in [6.45, 7) is 7.34.